The lowest BCUT2D eigenvalue weighted by molar-refractivity contribution is -0.136. The number of aromatic hydroxyl groups is 1. The maximum Gasteiger partial charge on any atom is 0.319 e. The number of likely N-dealkylation sites (tertiary alicyclic amines) is 1. The van der Waals surface area contributed by atoms with Crippen LogP contribution in [-0.4, -0.2) is 138 Å². The van der Waals surface area contributed by atoms with Gasteiger partial charge in [-0.15, -0.1) is 0 Å². The number of phenols is 1. The largest absolute Gasteiger partial charge is 0.508 e. The Labute approximate surface area is 412 Å². The molecule has 366 valence electrons. The monoisotopic (exact) mass is 969 g/mol. The van der Waals surface area contributed by atoms with E-state index in [-0.39, 0.29) is 57.4 Å². The fourth-order valence-corrected chi connectivity index (χ4v) is 12.8. The fourth-order valence-electron chi connectivity index (χ4n) is 12.5. The van der Waals surface area contributed by atoms with Crippen LogP contribution in [0.25, 0.3) is 32.8 Å². The molecule has 16 heteroatoms. The predicted octanol–water partition coefficient (Wildman–Crippen LogP) is 6.91. The minimum absolute atomic E-state index is 0.00457. The number of amides is 3. The second-order valence-corrected chi connectivity index (χ2v) is 21.6. The molecule has 7 heterocycles. The first-order chi connectivity index (χ1) is 34.0. The third kappa shape index (κ3) is 8.60. The van der Waals surface area contributed by atoms with Gasteiger partial charge in [0.1, 0.15) is 23.1 Å². The first-order valence-electron chi connectivity index (χ1n) is 25.5. The third-order valence-electron chi connectivity index (χ3n) is 16.5. The van der Waals surface area contributed by atoms with Crippen molar-refractivity contribution in [2.24, 2.45) is 11.3 Å². The molecule has 2 bridgehead atoms. The summed E-state index contributed by atoms with van der Waals surface area (Å²) < 4.78 is 24.0. The van der Waals surface area contributed by atoms with Crippen molar-refractivity contribution in [3.8, 4) is 22.9 Å². The lowest BCUT2D eigenvalue weighted by Crippen LogP contribution is -2.52. The normalized spacial score (nSPS) is 24.0. The number of carbonyl (C=O) groups excluding carboxylic acids is 3. The summed E-state index contributed by atoms with van der Waals surface area (Å²) in [6.45, 7) is 12.4. The number of carbonyl (C=O) groups is 3. The zero-order valence-corrected chi connectivity index (χ0v) is 40.6. The van der Waals surface area contributed by atoms with Crippen molar-refractivity contribution in [1.82, 2.24) is 35.3 Å². The van der Waals surface area contributed by atoms with Crippen LogP contribution in [0, 0.1) is 17.2 Å². The van der Waals surface area contributed by atoms with Crippen molar-refractivity contribution >= 4 is 62.5 Å². The summed E-state index contributed by atoms with van der Waals surface area (Å²) in [6.07, 6.45) is 7.97. The lowest BCUT2D eigenvalue weighted by Gasteiger charge is -2.40. The molecule has 5 aromatic rings. The topological polar surface area (TPSA) is 147 Å². The van der Waals surface area contributed by atoms with Crippen LogP contribution in [0.3, 0.4) is 0 Å². The van der Waals surface area contributed by atoms with Gasteiger partial charge in [0.2, 0.25) is 11.8 Å². The van der Waals surface area contributed by atoms with E-state index < -0.39 is 11.9 Å². The van der Waals surface area contributed by atoms with Crippen LogP contribution >= 0.6 is 11.6 Å². The van der Waals surface area contributed by atoms with E-state index in [1.165, 1.54) is 0 Å². The fraction of sp³-hybridized carbons (Fsp3) is 0.500. The number of anilines is 2. The number of phenolic OH excluding ortho intramolecular Hbond substituents is 1. The first kappa shape index (κ1) is 45.5. The van der Waals surface area contributed by atoms with Crippen LogP contribution in [0.2, 0.25) is 5.02 Å². The van der Waals surface area contributed by atoms with Gasteiger partial charge >= 0.3 is 6.01 Å². The highest BCUT2D eigenvalue weighted by Gasteiger charge is 2.46. The van der Waals surface area contributed by atoms with Crippen LogP contribution in [0.4, 0.5) is 15.9 Å². The molecule has 14 nitrogen and oxygen atoms in total. The van der Waals surface area contributed by atoms with E-state index in [0.29, 0.717) is 59.9 Å². The number of rotatable bonds is 12. The number of piperidine rings is 2. The minimum Gasteiger partial charge on any atom is -0.508 e. The molecule has 0 spiro atoms. The van der Waals surface area contributed by atoms with Gasteiger partial charge in [-0.05, 0) is 134 Å². The van der Waals surface area contributed by atoms with Gasteiger partial charge in [-0.1, -0.05) is 36.7 Å². The Morgan fingerprint density at radius 3 is 2.40 bits per heavy atom. The van der Waals surface area contributed by atoms with Crippen LogP contribution in [0.5, 0.6) is 11.8 Å². The van der Waals surface area contributed by atoms with Crippen LogP contribution in [0.15, 0.2) is 54.6 Å². The molecule has 1 aliphatic carbocycles. The van der Waals surface area contributed by atoms with Gasteiger partial charge in [0.05, 0.1) is 11.6 Å². The number of benzene rings is 4. The standard InChI is InChI=1S/C54H61ClFN9O5/c1-2-33-4-3-5-34-23-39(66)24-41(46(33)34)47-43(55)25-42-49(48(47)56)59-53(60-50(42)64-28-36-6-7-37(29-64)57-36)70-31-54(14-15-54)30-62-16-12-32(13-17-62)26-61-18-20-63(21-19-61)38-8-9-40-35(22-38)27-65(52(40)69)44-10-11-45(67)58-51(44)68/h3-5,8-9,22-25,32,36-37,44,57,66H,2,6-7,10-21,26-31H2,1H3,(H,58,67,68)/t36?,37?,44-/m0/s1. The minimum atomic E-state index is -0.608. The Balaban J connectivity index is 0.686. The van der Waals surface area contributed by atoms with Gasteiger partial charge in [0, 0.05) is 105 Å². The number of aromatic nitrogens is 2. The number of hydrogen-bond donors (Lipinski definition) is 3. The van der Waals surface area contributed by atoms with E-state index in [9.17, 15) is 19.5 Å². The highest BCUT2D eigenvalue weighted by Crippen LogP contribution is 2.48. The molecule has 12 rings (SSSR count). The van der Waals surface area contributed by atoms with E-state index in [1.54, 1.807) is 23.1 Å². The van der Waals surface area contributed by atoms with Crippen molar-refractivity contribution in [3.05, 3.63) is 82.1 Å². The van der Waals surface area contributed by atoms with Gasteiger partial charge in [0.15, 0.2) is 5.82 Å². The molecule has 1 aromatic heterocycles. The van der Waals surface area contributed by atoms with Gasteiger partial charge in [0.25, 0.3) is 5.91 Å². The number of imide groups is 1. The molecule has 0 radical (unpaired) electrons. The number of piperazine rings is 2. The molecule has 3 atom stereocenters. The Hall–Kier alpha value is -5.61. The summed E-state index contributed by atoms with van der Waals surface area (Å²) in [6, 6.07) is 17.3. The van der Waals surface area contributed by atoms with Gasteiger partial charge in [-0.3, -0.25) is 24.6 Å². The maximum atomic E-state index is 17.4. The number of ether oxygens (including phenoxy) is 1. The summed E-state index contributed by atoms with van der Waals surface area (Å²) in [5.41, 5.74) is 4.67. The van der Waals surface area contributed by atoms with E-state index in [1.807, 2.05) is 30.3 Å². The van der Waals surface area contributed by atoms with Crippen molar-refractivity contribution in [3.63, 3.8) is 0 Å². The van der Waals surface area contributed by atoms with Crippen molar-refractivity contribution in [1.29, 1.82) is 0 Å². The molecule has 4 aromatic carbocycles. The molecule has 6 aliphatic heterocycles. The average Bonchev–Trinajstić information content (AvgIpc) is 3.93. The number of aryl methyl sites for hydroxylation is 1. The maximum absolute atomic E-state index is 17.4. The zero-order valence-electron chi connectivity index (χ0n) is 39.8. The van der Waals surface area contributed by atoms with E-state index >= 15 is 4.39 Å². The summed E-state index contributed by atoms with van der Waals surface area (Å²) in [5.74, 6) is -0.0149. The quantitative estimate of drug-likeness (QED) is 0.112. The highest BCUT2D eigenvalue weighted by atomic mass is 35.5. The Kier molecular flexibility index (Phi) is 11.8. The molecule has 70 heavy (non-hydrogen) atoms. The predicted molar refractivity (Wildman–Crippen MR) is 268 cm³/mol. The summed E-state index contributed by atoms with van der Waals surface area (Å²) in [7, 11) is 0. The summed E-state index contributed by atoms with van der Waals surface area (Å²) in [4.78, 5) is 58.8. The van der Waals surface area contributed by atoms with E-state index in [0.717, 1.165) is 138 Å². The highest BCUT2D eigenvalue weighted by molar-refractivity contribution is 6.35. The molecule has 6 fully saturated rings. The Morgan fingerprint density at radius 1 is 0.871 bits per heavy atom. The molecule has 2 unspecified atom stereocenters. The molecular formula is C54H61ClFN9O5. The molecule has 3 amide bonds. The Morgan fingerprint density at radius 2 is 1.66 bits per heavy atom. The zero-order chi connectivity index (χ0) is 47.8. The van der Waals surface area contributed by atoms with Crippen molar-refractivity contribution in [2.75, 3.05) is 81.9 Å². The van der Waals surface area contributed by atoms with Crippen LogP contribution in [0.1, 0.15) is 79.8 Å². The van der Waals surface area contributed by atoms with E-state index in [4.69, 9.17) is 26.3 Å². The number of halogens is 2. The third-order valence-corrected chi connectivity index (χ3v) is 16.8. The lowest BCUT2D eigenvalue weighted by atomic mass is 9.92. The second-order valence-electron chi connectivity index (χ2n) is 21.2. The number of nitrogens with one attached hydrogen (secondary N) is 2. The van der Waals surface area contributed by atoms with Gasteiger partial charge in [-0.2, -0.15) is 9.97 Å². The van der Waals surface area contributed by atoms with Crippen molar-refractivity contribution < 1.29 is 28.6 Å². The summed E-state index contributed by atoms with van der Waals surface area (Å²) >= 11 is 7.09. The van der Waals surface area contributed by atoms with Crippen molar-refractivity contribution in [2.45, 2.75) is 89.4 Å². The van der Waals surface area contributed by atoms with Gasteiger partial charge < -0.3 is 34.8 Å². The van der Waals surface area contributed by atoms with Gasteiger partial charge in [-0.25, -0.2) is 4.39 Å². The first-order valence-corrected chi connectivity index (χ1v) is 25.9. The molecule has 1 saturated carbocycles. The summed E-state index contributed by atoms with van der Waals surface area (Å²) in [5, 5.41) is 19.4. The number of hydrogen-bond acceptors (Lipinski definition) is 12. The smallest absolute Gasteiger partial charge is 0.319 e. The number of nitrogens with zero attached hydrogens (tertiary/aromatic N) is 7. The molecule has 5 saturated heterocycles. The molecular weight excluding hydrogens is 909 g/mol. The van der Waals surface area contributed by atoms with Crippen LogP contribution in [-0.2, 0) is 22.6 Å². The van der Waals surface area contributed by atoms with E-state index in [2.05, 4.69) is 43.2 Å². The average molecular weight is 971 g/mol. The van der Waals surface area contributed by atoms with Crippen LogP contribution < -0.4 is 25.2 Å². The number of fused-ring (bicyclic) bond motifs is 5. The second kappa shape index (κ2) is 18.2. The molecule has 7 aliphatic rings. The molecule has 3 N–H and O–H groups in total. The SMILES string of the molecule is CCc1cccc2cc(O)cc(-c3c(Cl)cc4c(N5CC6CCC(C5)N6)nc(OCC5(CN6CCC(CN7CCN(c8ccc9c(c8)CN([C@H]8CCC(=O)NC8=O)C9=O)CC7)CC6)CC5)nc4c3F)c12. The Bertz CT molecular complexity index is 2910.